The molecule has 0 N–H and O–H groups in total. The molecule has 1 aromatic rings. The summed E-state index contributed by atoms with van der Waals surface area (Å²) < 4.78 is 5.27. The highest BCUT2D eigenvalue weighted by Crippen LogP contribution is 2.13. The lowest BCUT2D eigenvalue weighted by atomic mass is 10.1. The highest BCUT2D eigenvalue weighted by molar-refractivity contribution is 14.1. The number of methoxy groups -OCH3 is 1. The summed E-state index contributed by atoms with van der Waals surface area (Å²) in [6.07, 6.45) is -0.198. The molecule has 0 saturated carbocycles. The highest BCUT2D eigenvalue weighted by Gasteiger charge is 2.13. The first-order valence-electron chi connectivity index (χ1n) is 3.99. The third-order valence-electron chi connectivity index (χ3n) is 1.71. The fourth-order valence-electron chi connectivity index (χ4n) is 0.986. The standard InChI is InChI=1S/C10H9IO3/c1-14-10(13)6-9(12)7-4-2-3-5-8(7)11/h2-5H,6H2,1H3. The summed E-state index contributed by atoms with van der Waals surface area (Å²) >= 11 is 2.06. The van der Waals surface area contributed by atoms with Gasteiger partial charge in [-0.25, -0.2) is 0 Å². The minimum atomic E-state index is -0.505. The molecule has 0 aliphatic heterocycles. The van der Waals surface area contributed by atoms with Gasteiger partial charge in [0.1, 0.15) is 6.42 Å². The second kappa shape index (κ2) is 5.09. The molecule has 3 nitrogen and oxygen atoms in total. The van der Waals surface area contributed by atoms with Crippen molar-refractivity contribution in [2.75, 3.05) is 7.11 Å². The predicted octanol–water partition coefficient (Wildman–Crippen LogP) is 2.04. The van der Waals surface area contributed by atoms with Crippen LogP contribution in [0.15, 0.2) is 24.3 Å². The van der Waals surface area contributed by atoms with Gasteiger partial charge in [-0.2, -0.15) is 0 Å². The molecule has 4 heteroatoms. The van der Waals surface area contributed by atoms with Crippen LogP contribution in [0, 0.1) is 3.57 Å². The molecule has 0 aliphatic carbocycles. The van der Waals surface area contributed by atoms with Gasteiger partial charge in [0, 0.05) is 9.13 Å². The third kappa shape index (κ3) is 2.80. The molecule has 1 rings (SSSR count). The van der Waals surface area contributed by atoms with Crippen LogP contribution in [-0.4, -0.2) is 18.9 Å². The molecule has 0 bridgehead atoms. The molecular weight excluding hydrogens is 295 g/mol. The zero-order valence-corrected chi connectivity index (χ0v) is 9.78. The van der Waals surface area contributed by atoms with Crippen molar-refractivity contribution in [3.63, 3.8) is 0 Å². The summed E-state index contributed by atoms with van der Waals surface area (Å²) in [5.41, 5.74) is 0.568. The highest BCUT2D eigenvalue weighted by atomic mass is 127. The van der Waals surface area contributed by atoms with Gasteiger partial charge in [0.15, 0.2) is 5.78 Å². The molecule has 0 radical (unpaired) electrons. The number of esters is 1. The molecule has 0 spiro atoms. The molecule has 0 aromatic heterocycles. The topological polar surface area (TPSA) is 43.4 Å². The van der Waals surface area contributed by atoms with Crippen LogP contribution in [0.25, 0.3) is 0 Å². The molecule has 0 saturated heterocycles. The lowest BCUT2D eigenvalue weighted by molar-refractivity contribution is -0.139. The lowest BCUT2D eigenvalue weighted by Crippen LogP contribution is -2.10. The van der Waals surface area contributed by atoms with E-state index in [9.17, 15) is 9.59 Å². The fourth-order valence-corrected chi connectivity index (χ4v) is 1.67. The Bertz CT molecular complexity index is 360. The number of carbonyl (C=O) groups excluding carboxylic acids is 2. The van der Waals surface area contributed by atoms with E-state index >= 15 is 0 Å². The Morgan fingerprint density at radius 3 is 2.57 bits per heavy atom. The van der Waals surface area contributed by atoms with Crippen molar-refractivity contribution >= 4 is 34.3 Å². The number of hydrogen-bond acceptors (Lipinski definition) is 3. The van der Waals surface area contributed by atoms with Gasteiger partial charge >= 0.3 is 5.97 Å². The van der Waals surface area contributed by atoms with Crippen LogP contribution < -0.4 is 0 Å². The molecular formula is C10H9IO3. The average molecular weight is 304 g/mol. The van der Waals surface area contributed by atoms with Gasteiger partial charge < -0.3 is 4.74 Å². The molecule has 0 amide bonds. The minimum absolute atomic E-state index is 0.198. The first kappa shape index (κ1) is 11.2. The van der Waals surface area contributed by atoms with E-state index in [-0.39, 0.29) is 12.2 Å². The van der Waals surface area contributed by atoms with Crippen molar-refractivity contribution < 1.29 is 14.3 Å². The third-order valence-corrected chi connectivity index (χ3v) is 2.65. The maximum Gasteiger partial charge on any atom is 0.313 e. The first-order valence-corrected chi connectivity index (χ1v) is 5.07. The van der Waals surface area contributed by atoms with Gasteiger partial charge in [-0.3, -0.25) is 9.59 Å². The number of ketones is 1. The maximum absolute atomic E-state index is 11.5. The van der Waals surface area contributed by atoms with E-state index in [1.165, 1.54) is 7.11 Å². The Labute approximate surface area is 95.6 Å². The summed E-state index contributed by atoms with van der Waals surface area (Å²) in [4.78, 5) is 22.4. The van der Waals surface area contributed by atoms with Crippen LogP contribution in [0.5, 0.6) is 0 Å². The molecule has 0 fully saturated rings. The van der Waals surface area contributed by atoms with Crippen molar-refractivity contribution in [2.45, 2.75) is 6.42 Å². The van der Waals surface area contributed by atoms with Crippen molar-refractivity contribution in [3.8, 4) is 0 Å². The van der Waals surface area contributed by atoms with E-state index < -0.39 is 5.97 Å². The summed E-state index contributed by atoms with van der Waals surface area (Å²) in [7, 11) is 1.27. The number of halogens is 1. The van der Waals surface area contributed by atoms with Crippen LogP contribution in [-0.2, 0) is 9.53 Å². The smallest absolute Gasteiger partial charge is 0.313 e. The van der Waals surface area contributed by atoms with E-state index in [0.717, 1.165) is 3.57 Å². The number of ether oxygens (including phenoxy) is 1. The van der Waals surface area contributed by atoms with Crippen molar-refractivity contribution in [3.05, 3.63) is 33.4 Å². The first-order chi connectivity index (χ1) is 6.65. The zero-order chi connectivity index (χ0) is 10.6. The van der Waals surface area contributed by atoms with Gasteiger partial charge in [0.05, 0.1) is 7.11 Å². The molecule has 0 heterocycles. The second-order valence-electron chi connectivity index (χ2n) is 2.66. The average Bonchev–Trinajstić information content (AvgIpc) is 2.18. The van der Waals surface area contributed by atoms with Crippen LogP contribution in [0.1, 0.15) is 16.8 Å². The molecule has 0 aliphatic rings. The summed E-state index contributed by atoms with van der Waals surface area (Å²) in [5, 5.41) is 0. The number of Topliss-reactive ketones (excluding diaryl/α,β-unsaturated/α-hetero) is 1. The molecule has 0 unspecified atom stereocenters. The van der Waals surface area contributed by atoms with E-state index in [4.69, 9.17) is 0 Å². The van der Waals surface area contributed by atoms with E-state index in [2.05, 4.69) is 27.3 Å². The summed E-state index contributed by atoms with van der Waals surface area (Å²) in [6, 6.07) is 7.14. The van der Waals surface area contributed by atoms with Gasteiger partial charge in [-0.15, -0.1) is 0 Å². The van der Waals surface area contributed by atoms with Gasteiger partial charge in [0.25, 0.3) is 0 Å². The zero-order valence-electron chi connectivity index (χ0n) is 7.62. The summed E-state index contributed by atoms with van der Waals surface area (Å²) in [6.45, 7) is 0. The van der Waals surface area contributed by atoms with Gasteiger partial charge in [0.2, 0.25) is 0 Å². The van der Waals surface area contributed by atoms with E-state index in [1.54, 1.807) is 12.1 Å². The number of hydrogen-bond donors (Lipinski definition) is 0. The number of carbonyl (C=O) groups is 2. The maximum atomic E-state index is 11.5. The van der Waals surface area contributed by atoms with Crippen LogP contribution in [0.3, 0.4) is 0 Å². The number of benzene rings is 1. The molecule has 0 atom stereocenters. The SMILES string of the molecule is COC(=O)CC(=O)c1ccccc1I. The Hall–Kier alpha value is -0.910. The fraction of sp³-hybridized carbons (Fsp3) is 0.200. The van der Waals surface area contributed by atoms with Crippen molar-refractivity contribution in [2.24, 2.45) is 0 Å². The Balaban J connectivity index is 2.80. The minimum Gasteiger partial charge on any atom is -0.469 e. The molecule has 74 valence electrons. The van der Waals surface area contributed by atoms with Crippen molar-refractivity contribution in [1.82, 2.24) is 0 Å². The Morgan fingerprint density at radius 1 is 1.36 bits per heavy atom. The van der Waals surface area contributed by atoms with Crippen LogP contribution >= 0.6 is 22.6 Å². The van der Waals surface area contributed by atoms with Crippen LogP contribution in [0.4, 0.5) is 0 Å². The summed E-state index contributed by atoms with van der Waals surface area (Å²) in [5.74, 6) is -0.712. The Kier molecular flexibility index (Phi) is 4.06. The quantitative estimate of drug-likeness (QED) is 0.371. The lowest BCUT2D eigenvalue weighted by Gasteiger charge is -2.01. The molecule has 1 aromatic carbocycles. The van der Waals surface area contributed by atoms with E-state index in [1.807, 2.05) is 12.1 Å². The number of rotatable bonds is 3. The van der Waals surface area contributed by atoms with Gasteiger partial charge in [-0.05, 0) is 28.7 Å². The largest absolute Gasteiger partial charge is 0.469 e. The van der Waals surface area contributed by atoms with Crippen molar-refractivity contribution in [1.29, 1.82) is 0 Å². The predicted molar refractivity (Wildman–Crippen MR) is 60.1 cm³/mol. The Morgan fingerprint density at radius 2 is 2.00 bits per heavy atom. The van der Waals surface area contributed by atoms with E-state index in [0.29, 0.717) is 5.56 Å². The monoisotopic (exact) mass is 304 g/mol. The molecule has 14 heavy (non-hydrogen) atoms. The second-order valence-corrected chi connectivity index (χ2v) is 3.82. The van der Waals surface area contributed by atoms with Gasteiger partial charge in [-0.1, -0.05) is 18.2 Å². The van der Waals surface area contributed by atoms with Crippen LogP contribution in [0.2, 0.25) is 0 Å². The normalized spacial score (nSPS) is 9.57.